The highest BCUT2D eigenvalue weighted by Crippen LogP contribution is 2.52. The van der Waals surface area contributed by atoms with Crippen molar-refractivity contribution in [2.75, 3.05) is 12.8 Å². The molecule has 0 aromatic rings. The van der Waals surface area contributed by atoms with Crippen molar-refractivity contribution in [3.63, 3.8) is 0 Å². The molecular weight excluding hydrogens is 235 g/mol. The van der Waals surface area contributed by atoms with Crippen molar-refractivity contribution in [2.24, 2.45) is 0 Å². The van der Waals surface area contributed by atoms with Gasteiger partial charge in [-0.2, -0.15) is 0 Å². The van der Waals surface area contributed by atoms with Crippen LogP contribution in [-0.4, -0.2) is 18.4 Å². The predicted molar refractivity (Wildman–Crippen MR) is 72.1 cm³/mol. The Morgan fingerprint density at radius 1 is 1.35 bits per heavy atom. The normalized spacial score (nSPS) is 14.6. The van der Waals surface area contributed by atoms with Gasteiger partial charge in [-0.25, -0.2) is 0 Å². The molecule has 4 heteroatoms. The standard InChI is InChI=1S/C13H21O3P/c1-6-9-11-15-17(14,12-10-7-2)16-13(4,5)8-3/h3,6-7H,1-2,9-12H2,4-5H3. The van der Waals surface area contributed by atoms with E-state index in [-0.39, 0.29) is 0 Å². The second kappa shape index (κ2) is 7.50. The molecule has 3 nitrogen and oxygen atoms in total. The number of terminal acetylenes is 1. The molecule has 96 valence electrons. The molecule has 0 amide bonds. The Hall–Kier alpha value is -0.810. The first-order valence-electron chi connectivity index (χ1n) is 5.53. The van der Waals surface area contributed by atoms with Crippen molar-refractivity contribution >= 4 is 7.60 Å². The van der Waals surface area contributed by atoms with Crippen LogP contribution < -0.4 is 0 Å². The fraction of sp³-hybridized carbons (Fsp3) is 0.538. The second-order valence-electron chi connectivity index (χ2n) is 4.07. The lowest BCUT2D eigenvalue weighted by molar-refractivity contribution is 0.126. The van der Waals surface area contributed by atoms with Crippen LogP contribution in [0.1, 0.15) is 26.7 Å². The van der Waals surface area contributed by atoms with Crippen LogP contribution in [0.2, 0.25) is 0 Å². The average Bonchev–Trinajstić information content (AvgIpc) is 2.26. The van der Waals surface area contributed by atoms with Gasteiger partial charge in [0, 0.05) is 0 Å². The Balaban J connectivity index is 4.60. The molecule has 1 unspecified atom stereocenters. The van der Waals surface area contributed by atoms with Crippen molar-refractivity contribution in [1.82, 2.24) is 0 Å². The topological polar surface area (TPSA) is 35.5 Å². The Bertz CT molecular complexity index is 339. The quantitative estimate of drug-likeness (QED) is 0.272. The van der Waals surface area contributed by atoms with Gasteiger partial charge in [-0.15, -0.1) is 19.6 Å². The summed E-state index contributed by atoms with van der Waals surface area (Å²) in [7, 11) is -3.17. The molecule has 0 aliphatic carbocycles. The molecule has 0 aliphatic rings. The number of hydrogen-bond donors (Lipinski definition) is 0. The summed E-state index contributed by atoms with van der Waals surface area (Å²) in [5, 5.41) is 0. The molecule has 0 spiro atoms. The molecule has 0 radical (unpaired) electrons. The Labute approximate surface area is 104 Å². The highest BCUT2D eigenvalue weighted by molar-refractivity contribution is 7.53. The van der Waals surface area contributed by atoms with Crippen molar-refractivity contribution in [3.05, 3.63) is 25.3 Å². The van der Waals surface area contributed by atoms with Crippen molar-refractivity contribution in [2.45, 2.75) is 32.3 Å². The fourth-order valence-electron chi connectivity index (χ4n) is 1.04. The zero-order valence-electron chi connectivity index (χ0n) is 10.6. The van der Waals surface area contributed by atoms with Crippen LogP contribution >= 0.6 is 7.60 Å². The van der Waals surface area contributed by atoms with E-state index in [1.807, 2.05) is 0 Å². The van der Waals surface area contributed by atoms with E-state index in [4.69, 9.17) is 15.5 Å². The van der Waals surface area contributed by atoms with E-state index in [1.54, 1.807) is 26.0 Å². The third-order valence-corrected chi connectivity index (χ3v) is 4.05. The van der Waals surface area contributed by atoms with E-state index < -0.39 is 13.2 Å². The summed E-state index contributed by atoms with van der Waals surface area (Å²) in [5.74, 6) is 2.44. The van der Waals surface area contributed by atoms with Crippen LogP contribution in [0.5, 0.6) is 0 Å². The maximum Gasteiger partial charge on any atom is 0.332 e. The minimum Gasteiger partial charge on any atom is -0.308 e. The van der Waals surface area contributed by atoms with Crippen LogP contribution in [0, 0.1) is 12.3 Å². The lowest BCUT2D eigenvalue weighted by Crippen LogP contribution is -2.21. The van der Waals surface area contributed by atoms with Crippen LogP contribution in [0.25, 0.3) is 0 Å². The molecule has 0 aromatic carbocycles. The summed E-state index contributed by atoms with van der Waals surface area (Å²) >= 11 is 0. The summed E-state index contributed by atoms with van der Waals surface area (Å²) in [4.78, 5) is 0. The first-order valence-corrected chi connectivity index (χ1v) is 7.26. The van der Waals surface area contributed by atoms with Gasteiger partial charge in [0.1, 0.15) is 5.60 Å². The molecule has 0 fully saturated rings. The van der Waals surface area contributed by atoms with Gasteiger partial charge in [0.25, 0.3) is 0 Å². The lowest BCUT2D eigenvalue weighted by atomic mass is 10.2. The van der Waals surface area contributed by atoms with Crippen LogP contribution in [0.15, 0.2) is 25.3 Å². The Morgan fingerprint density at radius 2 is 1.94 bits per heavy atom. The van der Waals surface area contributed by atoms with E-state index in [1.165, 1.54) is 0 Å². The number of allylic oxidation sites excluding steroid dienone is 1. The minimum absolute atomic E-state index is 0.290. The molecule has 0 saturated carbocycles. The molecule has 0 bridgehead atoms. The summed E-state index contributed by atoms with van der Waals surface area (Å²) in [6, 6.07) is 0. The summed E-state index contributed by atoms with van der Waals surface area (Å²) in [6.07, 6.45) is 10.2. The maximum atomic E-state index is 12.4. The Kier molecular flexibility index (Phi) is 7.15. The van der Waals surface area contributed by atoms with Crippen LogP contribution in [0.4, 0.5) is 0 Å². The van der Waals surface area contributed by atoms with Gasteiger partial charge in [0.05, 0.1) is 12.8 Å². The lowest BCUT2D eigenvalue weighted by Gasteiger charge is -2.26. The van der Waals surface area contributed by atoms with Crippen molar-refractivity contribution in [3.8, 4) is 12.3 Å². The van der Waals surface area contributed by atoms with Gasteiger partial charge in [0.2, 0.25) is 0 Å². The van der Waals surface area contributed by atoms with Crippen LogP contribution in [0.3, 0.4) is 0 Å². The molecule has 0 N–H and O–H groups in total. The molecular formula is C13H21O3P. The molecule has 0 aliphatic heterocycles. The highest BCUT2D eigenvalue weighted by Gasteiger charge is 2.31. The van der Waals surface area contributed by atoms with E-state index in [0.29, 0.717) is 25.6 Å². The van der Waals surface area contributed by atoms with Gasteiger partial charge < -0.3 is 4.52 Å². The third kappa shape index (κ3) is 7.18. The molecule has 0 saturated heterocycles. The zero-order valence-corrected chi connectivity index (χ0v) is 11.5. The molecule has 0 heterocycles. The smallest absolute Gasteiger partial charge is 0.308 e. The number of hydrogen-bond acceptors (Lipinski definition) is 3. The van der Waals surface area contributed by atoms with Gasteiger partial charge >= 0.3 is 7.60 Å². The summed E-state index contributed by atoms with van der Waals surface area (Å²) in [6.45, 7) is 10.9. The van der Waals surface area contributed by atoms with Gasteiger partial charge in [0.15, 0.2) is 0 Å². The SMILES string of the molecule is C#CC(C)(C)OP(=O)(CCC=C)OCCC=C. The van der Waals surface area contributed by atoms with E-state index in [2.05, 4.69) is 19.1 Å². The summed E-state index contributed by atoms with van der Waals surface area (Å²) < 4.78 is 23.2. The van der Waals surface area contributed by atoms with E-state index in [9.17, 15) is 4.57 Å². The van der Waals surface area contributed by atoms with E-state index >= 15 is 0 Å². The van der Waals surface area contributed by atoms with Crippen molar-refractivity contribution in [1.29, 1.82) is 0 Å². The predicted octanol–water partition coefficient (Wildman–Crippen LogP) is 3.78. The zero-order chi connectivity index (χ0) is 13.4. The molecule has 17 heavy (non-hydrogen) atoms. The Morgan fingerprint density at radius 3 is 2.41 bits per heavy atom. The average molecular weight is 256 g/mol. The fourth-order valence-corrected chi connectivity index (χ4v) is 2.94. The summed E-state index contributed by atoms with van der Waals surface area (Å²) in [5.41, 5.74) is -0.898. The first-order chi connectivity index (χ1) is 7.89. The first kappa shape index (κ1) is 16.2. The van der Waals surface area contributed by atoms with Gasteiger partial charge in [-0.1, -0.05) is 18.1 Å². The maximum absolute atomic E-state index is 12.4. The van der Waals surface area contributed by atoms with Gasteiger partial charge in [-0.05, 0) is 26.7 Å². The van der Waals surface area contributed by atoms with E-state index in [0.717, 1.165) is 0 Å². The van der Waals surface area contributed by atoms with Gasteiger partial charge in [-0.3, -0.25) is 9.09 Å². The third-order valence-electron chi connectivity index (χ3n) is 1.93. The molecule has 0 rings (SSSR count). The van der Waals surface area contributed by atoms with Crippen molar-refractivity contribution < 1.29 is 13.6 Å². The molecule has 1 atom stereocenters. The highest BCUT2D eigenvalue weighted by atomic mass is 31.2. The number of rotatable bonds is 9. The molecule has 0 aromatic heterocycles. The van der Waals surface area contributed by atoms with Crippen LogP contribution in [-0.2, 0) is 13.6 Å². The largest absolute Gasteiger partial charge is 0.332 e. The second-order valence-corrected chi connectivity index (χ2v) is 6.18. The minimum atomic E-state index is -3.17. The monoisotopic (exact) mass is 256 g/mol.